The van der Waals surface area contributed by atoms with Crippen LogP contribution in [0.25, 0.3) is 0 Å². The second-order valence-corrected chi connectivity index (χ2v) is 13.0. The van der Waals surface area contributed by atoms with Gasteiger partial charge in [-0.1, -0.05) is 49.4 Å². The van der Waals surface area contributed by atoms with Gasteiger partial charge >= 0.3 is 0 Å². The number of fused-ring (bicyclic) bond motifs is 1. The van der Waals surface area contributed by atoms with Crippen LogP contribution >= 0.6 is 0 Å². The molecule has 4 fully saturated rings. The van der Waals surface area contributed by atoms with Gasteiger partial charge in [0.25, 0.3) is 0 Å². The third-order valence-corrected chi connectivity index (χ3v) is 10.4. The smallest absolute Gasteiger partial charge is 0.248 e. The highest BCUT2D eigenvalue weighted by atomic mass is 16.5. The minimum absolute atomic E-state index is 0.0733. The molecule has 240 valence electrons. The second kappa shape index (κ2) is 13.1. The lowest BCUT2D eigenvalue weighted by molar-refractivity contribution is -0.157. The van der Waals surface area contributed by atoms with E-state index in [-0.39, 0.29) is 30.2 Å². The molecule has 3 amide bonds. The summed E-state index contributed by atoms with van der Waals surface area (Å²) in [6.45, 7) is 16.0. The Hall–Kier alpha value is -3.05. The standard InChI is InChI=1S/C34H48N4O6/c1-6-13-35(5)30(40)27-28-31(41)38(26(23-39)21-25-11-9-8-10-12-25)29(34(28)22-24(3)33(27,4)44-34)32(42)37(14-7-2)16-15-36-17-19-43-20-18-36/h6-12,24,26-29,39H,1-2,13-23H2,3-5H3/t24?,26-,27+,28+,29?,33-,34?/m1/s1. The largest absolute Gasteiger partial charge is 0.394 e. The van der Waals surface area contributed by atoms with Crippen LogP contribution in [0.15, 0.2) is 55.6 Å². The highest BCUT2D eigenvalue weighted by molar-refractivity contribution is 5.99. The first kappa shape index (κ1) is 32.3. The summed E-state index contributed by atoms with van der Waals surface area (Å²) in [5.41, 5.74) is -1.16. The van der Waals surface area contributed by atoms with Crippen molar-refractivity contribution < 1.29 is 29.0 Å². The molecule has 4 aliphatic rings. The number of carbonyl (C=O) groups excluding carboxylic acids is 3. The van der Waals surface area contributed by atoms with E-state index < -0.39 is 35.1 Å². The van der Waals surface area contributed by atoms with E-state index in [0.29, 0.717) is 52.2 Å². The van der Waals surface area contributed by atoms with E-state index >= 15 is 0 Å². The lowest BCUT2D eigenvalue weighted by atomic mass is 9.62. The van der Waals surface area contributed by atoms with E-state index in [9.17, 15) is 19.5 Å². The van der Waals surface area contributed by atoms with E-state index in [2.05, 4.69) is 18.1 Å². The number of hydrogen-bond acceptors (Lipinski definition) is 7. The van der Waals surface area contributed by atoms with Gasteiger partial charge in [0.15, 0.2) is 0 Å². The maximum atomic E-state index is 14.9. The van der Waals surface area contributed by atoms with Crippen LogP contribution in [0.3, 0.4) is 0 Å². The lowest BCUT2D eigenvalue weighted by Crippen LogP contribution is -2.60. The van der Waals surface area contributed by atoms with E-state index in [0.717, 1.165) is 18.7 Å². The van der Waals surface area contributed by atoms with E-state index in [1.54, 1.807) is 33.9 Å². The first-order chi connectivity index (χ1) is 21.1. The van der Waals surface area contributed by atoms with Gasteiger partial charge in [-0.15, -0.1) is 13.2 Å². The highest BCUT2D eigenvalue weighted by Gasteiger charge is 2.80. The summed E-state index contributed by atoms with van der Waals surface area (Å²) in [6.07, 6.45) is 4.20. The van der Waals surface area contributed by atoms with Crippen molar-refractivity contribution in [2.75, 3.05) is 66.1 Å². The number of likely N-dealkylation sites (N-methyl/N-ethyl adjacent to an activating group) is 1. The van der Waals surface area contributed by atoms with Crippen LogP contribution in [0.2, 0.25) is 0 Å². The van der Waals surface area contributed by atoms with Crippen molar-refractivity contribution in [3.05, 3.63) is 61.2 Å². The normalized spacial score (nSPS) is 31.9. The molecule has 2 bridgehead atoms. The Bertz CT molecular complexity index is 1240. The van der Waals surface area contributed by atoms with E-state index in [1.807, 2.05) is 44.2 Å². The molecule has 1 N–H and O–H groups in total. The number of carbonyl (C=O) groups is 3. The minimum atomic E-state index is -1.19. The van der Waals surface area contributed by atoms with Crippen LogP contribution in [0.1, 0.15) is 25.8 Å². The predicted molar refractivity (Wildman–Crippen MR) is 167 cm³/mol. The number of likely N-dealkylation sites (tertiary alicyclic amines) is 1. The van der Waals surface area contributed by atoms with Gasteiger partial charge < -0.3 is 29.3 Å². The zero-order valence-corrected chi connectivity index (χ0v) is 26.4. The van der Waals surface area contributed by atoms with Crippen molar-refractivity contribution in [1.29, 1.82) is 0 Å². The summed E-state index contributed by atoms with van der Waals surface area (Å²) in [4.78, 5) is 50.8. The molecule has 1 spiro atoms. The average molecular weight is 609 g/mol. The van der Waals surface area contributed by atoms with Crippen LogP contribution in [0, 0.1) is 17.8 Å². The summed E-state index contributed by atoms with van der Waals surface area (Å²) < 4.78 is 12.4. The third kappa shape index (κ3) is 5.50. The predicted octanol–water partition coefficient (Wildman–Crippen LogP) is 1.59. The van der Waals surface area contributed by atoms with Gasteiger partial charge in [0.1, 0.15) is 11.6 Å². The molecular formula is C34H48N4O6. The number of aliphatic hydroxyl groups is 1. The molecule has 10 heteroatoms. The Morgan fingerprint density at radius 2 is 1.82 bits per heavy atom. The molecule has 4 aliphatic heterocycles. The summed E-state index contributed by atoms with van der Waals surface area (Å²) in [5, 5.41) is 10.8. The number of rotatable bonds is 13. The SMILES string of the molecule is C=CCN(C)C(=O)[C@@H]1[C@H]2C(=O)N([C@@H](CO)Cc3ccccc3)C(C(=O)N(CC=C)CCN3CCOCC3)C23CC(C)[C@@]1(C)O3. The van der Waals surface area contributed by atoms with Gasteiger partial charge in [0.05, 0.1) is 43.3 Å². The topological polar surface area (TPSA) is 103 Å². The summed E-state index contributed by atoms with van der Waals surface area (Å²) in [5.74, 6) is -2.40. The van der Waals surface area contributed by atoms with Crippen LogP contribution < -0.4 is 0 Å². The van der Waals surface area contributed by atoms with Gasteiger partial charge in [-0.3, -0.25) is 19.3 Å². The molecule has 0 saturated carbocycles. The molecule has 5 rings (SSSR count). The fourth-order valence-corrected chi connectivity index (χ4v) is 8.09. The number of ether oxygens (including phenoxy) is 2. The summed E-state index contributed by atoms with van der Waals surface area (Å²) >= 11 is 0. The molecule has 1 aromatic carbocycles. The first-order valence-electron chi connectivity index (χ1n) is 15.9. The van der Waals surface area contributed by atoms with Gasteiger partial charge in [-0.2, -0.15) is 0 Å². The third-order valence-electron chi connectivity index (χ3n) is 10.4. The zero-order valence-electron chi connectivity index (χ0n) is 26.4. The fraction of sp³-hybridized carbons (Fsp3) is 0.618. The van der Waals surface area contributed by atoms with Gasteiger partial charge in [0, 0.05) is 46.3 Å². The Morgan fingerprint density at radius 1 is 1.14 bits per heavy atom. The monoisotopic (exact) mass is 608 g/mol. The van der Waals surface area contributed by atoms with E-state index in [1.165, 1.54) is 0 Å². The number of benzene rings is 1. The Labute approximate surface area is 261 Å². The molecule has 0 radical (unpaired) electrons. The zero-order chi connectivity index (χ0) is 31.6. The number of nitrogens with zero attached hydrogens (tertiary/aromatic N) is 4. The molecule has 1 aromatic rings. The van der Waals surface area contributed by atoms with Crippen molar-refractivity contribution in [3.8, 4) is 0 Å². The molecule has 4 saturated heterocycles. The molecule has 4 heterocycles. The van der Waals surface area contributed by atoms with Gasteiger partial charge in [-0.25, -0.2) is 0 Å². The van der Waals surface area contributed by atoms with Gasteiger partial charge in [0.2, 0.25) is 17.7 Å². The quantitative estimate of drug-likeness (QED) is 0.340. The Kier molecular flexibility index (Phi) is 9.65. The van der Waals surface area contributed by atoms with Crippen molar-refractivity contribution in [2.24, 2.45) is 17.8 Å². The minimum Gasteiger partial charge on any atom is -0.394 e. The summed E-state index contributed by atoms with van der Waals surface area (Å²) in [7, 11) is 1.71. The first-order valence-corrected chi connectivity index (χ1v) is 15.9. The molecule has 0 aliphatic carbocycles. The maximum Gasteiger partial charge on any atom is 0.248 e. The van der Waals surface area contributed by atoms with Crippen LogP contribution in [-0.2, 0) is 30.3 Å². The van der Waals surface area contributed by atoms with Crippen LogP contribution in [0.5, 0.6) is 0 Å². The van der Waals surface area contributed by atoms with Crippen molar-refractivity contribution in [1.82, 2.24) is 19.6 Å². The summed E-state index contributed by atoms with van der Waals surface area (Å²) in [6, 6.07) is 8.00. The Balaban J connectivity index is 1.56. The Morgan fingerprint density at radius 3 is 2.45 bits per heavy atom. The number of morpholine rings is 1. The van der Waals surface area contributed by atoms with Gasteiger partial charge in [-0.05, 0) is 31.2 Å². The number of hydrogen-bond donors (Lipinski definition) is 1. The van der Waals surface area contributed by atoms with Crippen LogP contribution in [-0.4, -0.2) is 132 Å². The van der Waals surface area contributed by atoms with Crippen molar-refractivity contribution in [3.63, 3.8) is 0 Å². The van der Waals surface area contributed by atoms with Crippen molar-refractivity contribution >= 4 is 17.7 Å². The lowest BCUT2D eigenvalue weighted by Gasteiger charge is -2.40. The number of amides is 3. The molecule has 3 unspecified atom stereocenters. The highest BCUT2D eigenvalue weighted by Crippen LogP contribution is 2.65. The molecule has 44 heavy (non-hydrogen) atoms. The average Bonchev–Trinajstić information content (AvgIpc) is 3.54. The molecule has 10 nitrogen and oxygen atoms in total. The second-order valence-electron chi connectivity index (χ2n) is 13.0. The number of aliphatic hydroxyl groups excluding tert-OH is 1. The molecule has 7 atom stereocenters. The maximum absolute atomic E-state index is 14.9. The van der Waals surface area contributed by atoms with Crippen molar-refractivity contribution in [2.45, 2.75) is 50.0 Å². The van der Waals surface area contributed by atoms with Crippen LogP contribution in [0.4, 0.5) is 0 Å². The molecule has 0 aromatic heterocycles. The van der Waals surface area contributed by atoms with E-state index in [4.69, 9.17) is 9.47 Å². The fourth-order valence-electron chi connectivity index (χ4n) is 8.09. The molecular weight excluding hydrogens is 560 g/mol.